The van der Waals surface area contributed by atoms with Gasteiger partial charge in [0.15, 0.2) is 0 Å². The lowest BCUT2D eigenvalue weighted by Gasteiger charge is -2.24. The highest BCUT2D eigenvalue weighted by atomic mass is 19.1. The van der Waals surface area contributed by atoms with Crippen LogP contribution in [0, 0.1) is 17.6 Å². The van der Waals surface area contributed by atoms with Crippen LogP contribution in [0.5, 0.6) is 0 Å². The Balaban J connectivity index is 1.52. The molecule has 2 aliphatic heterocycles. The Morgan fingerprint density at radius 2 is 1.79 bits per heavy atom. The fraction of sp³-hybridized carbons (Fsp3) is 0.333. The molecule has 0 bridgehead atoms. The maximum absolute atomic E-state index is 13.5. The van der Waals surface area contributed by atoms with E-state index in [1.165, 1.54) is 4.90 Å². The second-order valence-electron chi connectivity index (χ2n) is 7.34. The van der Waals surface area contributed by atoms with Crippen molar-refractivity contribution in [2.75, 3.05) is 36.5 Å². The van der Waals surface area contributed by atoms with Crippen molar-refractivity contribution in [1.29, 1.82) is 0 Å². The number of para-hydroxylation sites is 1. The smallest absolute Gasteiger partial charge is 0.228 e. The molecule has 146 valence electrons. The van der Waals surface area contributed by atoms with Crippen LogP contribution in [0.1, 0.15) is 12.0 Å². The minimum absolute atomic E-state index is 0.0466. The molecule has 0 spiro atoms. The lowest BCUT2D eigenvalue weighted by atomic mass is 10.1. The number of nitrogens with zero attached hydrogens (tertiary/aromatic N) is 3. The summed E-state index contributed by atoms with van der Waals surface area (Å²) in [4.78, 5) is 30.7. The van der Waals surface area contributed by atoms with E-state index in [9.17, 15) is 18.4 Å². The molecule has 5 nitrogen and oxygen atoms in total. The Morgan fingerprint density at radius 1 is 1.07 bits per heavy atom. The summed E-state index contributed by atoms with van der Waals surface area (Å²) < 4.78 is 27.0. The molecule has 2 aromatic rings. The van der Waals surface area contributed by atoms with Crippen molar-refractivity contribution in [2.45, 2.75) is 13.0 Å². The Morgan fingerprint density at radius 3 is 2.54 bits per heavy atom. The number of benzene rings is 2. The molecule has 0 radical (unpaired) electrons. The summed E-state index contributed by atoms with van der Waals surface area (Å²) in [6, 6.07) is 10.9. The summed E-state index contributed by atoms with van der Waals surface area (Å²) in [5.41, 5.74) is 2.31. The van der Waals surface area contributed by atoms with E-state index in [1.54, 1.807) is 4.90 Å². The van der Waals surface area contributed by atoms with Gasteiger partial charge in [0.1, 0.15) is 11.6 Å². The molecule has 2 aliphatic rings. The zero-order valence-electron chi connectivity index (χ0n) is 15.6. The third-order valence-corrected chi connectivity index (χ3v) is 5.41. The molecule has 0 aliphatic carbocycles. The van der Waals surface area contributed by atoms with Gasteiger partial charge in [-0.15, -0.1) is 0 Å². The molecule has 4 rings (SSSR count). The van der Waals surface area contributed by atoms with E-state index in [2.05, 4.69) is 4.90 Å². The summed E-state index contributed by atoms with van der Waals surface area (Å²) >= 11 is 0. The van der Waals surface area contributed by atoms with Gasteiger partial charge in [-0.1, -0.05) is 18.2 Å². The Labute approximate surface area is 162 Å². The maximum Gasteiger partial charge on any atom is 0.228 e. The lowest BCUT2D eigenvalue weighted by molar-refractivity contribution is -0.136. The first kappa shape index (κ1) is 18.4. The van der Waals surface area contributed by atoms with Crippen LogP contribution in [-0.2, 0) is 16.1 Å². The van der Waals surface area contributed by atoms with E-state index >= 15 is 0 Å². The molecule has 2 aromatic carbocycles. The van der Waals surface area contributed by atoms with Gasteiger partial charge in [0.2, 0.25) is 11.8 Å². The first-order valence-corrected chi connectivity index (χ1v) is 9.26. The fourth-order valence-corrected chi connectivity index (χ4v) is 3.96. The number of hydrogen-bond acceptors (Lipinski definition) is 3. The van der Waals surface area contributed by atoms with E-state index in [-0.39, 0.29) is 30.5 Å². The van der Waals surface area contributed by atoms with Crippen molar-refractivity contribution in [1.82, 2.24) is 4.90 Å². The first-order chi connectivity index (χ1) is 13.4. The molecule has 1 fully saturated rings. The molecule has 0 N–H and O–H groups in total. The first-order valence-electron chi connectivity index (χ1n) is 9.26. The largest absolute Gasteiger partial charge is 0.373 e. The van der Waals surface area contributed by atoms with Gasteiger partial charge in [-0.05, 0) is 23.8 Å². The van der Waals surface area contributed by atoms with Crippen molar-refractivity contribution >= 4 is 23.2 Å². The molecule has 1 unspecified atom stereocenters. The number of anilines is 2. The Kier molecular flexibility index (Phi) is 4.75. The molecule has 2 amide bonds. The van der Waals surface area contributed by atoms with Crippen molar-refractivity contribution < 1.29 is 18.4 Å². The van der Waals surface area contributed by atoms with Crippen LogP contribution in [0.25, 0.3) is 0 Å². The molecule has 0 aromatic heterocycles. The third-order valence-electron chi connectivity index (χ3n) is 5.41. The number of carbonyl (C=O) groups is 2. The van der Waals surface area contributed by atoms with Crippen LogP contribution in [0.3, 0.4) is 0 Å². The third kappa shape index (κ3) is 3.44. The topological polar surface area (TPSA) is 43.9 Å². The summed E-state index contributed by atoms with van der Waals surface area (Å²) in [6.07, 6.45) is 0.0466. The van der Waals surface area contributed by atoms with Crippen molar-refractivity contribution in [2.24, 2.45) is 5.92 Å². The summed E-state index contributed by atoms with van der Waals surface area (Å²) in [5.74, 6) is -2.41. The van der Waals surface area contributed by atoms with Crippen LogP contribution in [0.2, 0.25) is 0 Å². The maximum atomic E-state index is 13.5. The van der Waals surface area contributed by atoms with Crippen LogP contribution in [0.15, 0.2) is 42.5 Å². The monoisotopic (exact) mass is 385 g/mol. The number of halogens is 2. The molecular weight excluding hydrogens is 364 g/mol. The number of likely N-dealkylation sites (N-methyl/N-ethyl adjacent to an activating group) is 1. The Bertz CT molecular complexity index is 913. The van der Waals surface area contributed by atoms with Gasteiger partial charge < -0.3 is 14.7 Å². The van der Waals surface area contributed by atoms with E-state index in [1.807, 2.05) is 31.3 Å². The molecule has 28 heavy (non-hydrogen) atoms. The quantitative estimate of drug-likeness (QED) is 0.799. The highest BCUT2D eigenvalue weighted by molar-refractivity contribution is 6.00. The number of rotatable bonds is 2. The normalized spacial score (nSPS) is 19.6. The van der Waals surface area contributed by atoms with Crippen LogP contribution in [0.4, 0.5) is 20.2 Å². The van der Waals surface area contributed by atoms with Gasteiger partial charge in [0.05, 0.1) is 5.92 Å². The summed E-state index contributed by atoms with van der Waals surface area (Å²) in [7, 11) is 1.99. The summed E-state index contributed by atoms with van der Waals surface area (Å²) in [5, 5.41) is 0. The van der Waals surface area contributed by atoms with Gasteiger partial charge in [-0.3, -0.25) is 9.59 Å². The average Bonchev–Trinajstić information content (AvgIpc) is 2.97. The molecule has 1 saturated heterocycles. The molecule has 0 saturated carbocycles. The SMILES string of the molecule is CN1CCN(C(=O)C2CC(=O)N(c3cc(F)cc(F)c3)C2)Cc2ccccc21. The molecule has 1 atom stereocenters. The van der Waals surface area contributed by atoms with Crippen LogP contribution >= 0.6 is 0 Å². The predicted molar refractivity (Wildman–Crippen MR) is 102 cm³/mol. The van der Waals surface area contributed by atoms with Gasteiger partial charge in [0, 0.05) is 57.1 Å². The highest BCUT2D eigenvalue weighted by Crippen LogP contribution is 2.30. The van der Waals surface area contributed by atoms with E-state index < -0.39 is 17.6 Å². The zero-order valence-corrected chi connectivity index (χ0v) is 15.6. The van der Waals surface area contributed by atoms with Gasteiger partial charge in [-0.2, -0.15) is 0 Å². The minimum atomic E-state index is -0.746. The highest BCUT2D eigenvalue weighted by Gasteiger charge is 2.38. The standard InChI is InChI=1S/C21H21F2N3O2/c1-24-6-7-25(12-14-4-2-3-5-19(14)24)21(28)15-8-20(27)26(13-15)18-10-16(22)9-17(23)11-18/h2-5,9-11,15H,6-8,12-13H2,1H3. The second kappa shape index (κ2) is 7.22. The zero-order chi connectivity index (χ0) is 19.8. The van der Waals surface area contributed by atoms with Gasteiger partial charge in [0.25, 0.3) is 0 Å². The molecule has 2 heterocycles. The van der Waals surface area contributed by atoms with Gasteiger partial charge in [-0.25, -0.2) is 8.78 Å². The minimum Gasteiger partial charge on any atom is -0.373 e. The number of carbonyl (C=O) groups excluding carboxylic acids is 2. The second-order valence-corrected chi connectivity index (χ2v) is 7.34. The van der Waals surface area contributed by atoms with E-state index in [0.29, 0.717) is 19.6 Å². The van der Waals surface area contributed by atoms with Gasteiger partial charge >= 0.3 is 0 Å². The fourth-order valence-electron chi connectivity index (χ4n) is 3.96. The molecule has 7 heteroatoms. The van der Waals surface area contributed by atoms with Crippen molar-refractivity contribution in [3.05, 3.63) is 59.7 Å². The average molecular weight is 385 g/mol. The lowest BCUT2D eigenvalue weighted by Crippen LogP contribution is -2.39. The number of amides is 2. The predicted octanol–water partition coefficient (Wildman–Crippen LogP) is 2.80. The summed E-state index contributed by atoms with van der Waals surface area (Å²) in [6.45, 7) is 1.87. The van der Waals surface area contributed by atoms with Crippen molar-refractivity contribution in [3.63, 3.8) is 0 Å². The molecular formula is C21H21F2N3O2. The number of hydrogen-bond donors (Lipinski definition) is 0. The van der Waals surface area contributed by atoms with E-state index in [0.717, 1.165) is 29.4 Å². The number of fused-ring (bicyclic) bond motifs is 1. The Hall–Kier alpha value is -2.96. The van der Waals surface area contributed by atoms with Crippen LogP contribution < -0.4 is 9.80 Å². The van der Waals surface area contributed by atoms with Crippen LogP contribution in [-0.4, -0.2) is 43.4 Å². The van der Waals surface area contributed by atoms with E-state index in [4.69, 9.17) is 0 Å². The van der Waals surface area contributed by atoms with Crippen molar-refractivity contribution in [3.8, 4) is 0 Å².